The van der Waals surface area contributed by atoms with Gasteiger partial charge in [-0.3, -0.25) is 0 Å². The first-order valence-electron chi connectivity index (χ1n) is 0.167. The fourth-order valence-electron chi connectivity index (χ4n) is 0. The molecule has 0 atom stereocenters. The minimum atomic E-state index is 0. The standard InChI is InChI=1S/Ca.O2.8H2O/c;1-2;;;;;;;;/h;;8*1H2/q+2;-2;;;;;;;;. The number of rotatable bonds is 0. The van der Waals surface area contributed by atoms with Gasteiger partial charge in [0.05, 0.1) is 0 Å². The van der Waals surface area contributed by atoms with Gasteiger partial charge in [0, 0.05) is 0 Å². The molecule has 0 radical (unpaired) electrons. The normalized spacial score (nSPS) is 0.545. The van der Waals surface area contributed by atoms with Crippen LogP contribution in [-0.2, 0) is 0 Å². The fraction of sp³-hybridized carbons (Fsp3) is 0. The Labute approximate surface area is 91.9 Å². The third kappa shape index (κ3) is 1150. The van der Waals surface area contributed by atoms with Gasteiger partial charge in [-0.2, -0.15) is 0 Å². The van der Waals surface area contributed by atoms with Gasteiger partial charge < -0.3 is 54.3 Å². The van der Waals surface area contributed by atoms with Crippen LogP contribution in [0.5, 0.6) is 0 Å². The van der Waals surface area contributed by atoms with Gasteiger partial charge in [-0.05, 0) is 0 Å². The molecule has 78 valence electrons. The zero-order valence-corrected chi connectivity index (χ0v) is 7.73. The molecular weight excluding hydrogens is 200 g/mol. The van der Waals surface area contributed by atoms with Gasteiger partial charge in [0.1, 0.15) is 0 Å². The van der Waals surface area contributed by atoms with Crippen molar-refractivity contribution >= 4 is 37.7 Å². The van der Waals surface area contributed by atoms with Gasteiger partial charge in [-0.15, -0.1) is 0 Å². The summed E-state index contributed by atoms with van der Waals surface area (Å²) in [6, 6.07) is 0. The molecule has 16 N–H and O–H groups in total. The van der Waals surface area contributed by atoms with E-state index in [9.17, 15) is 0 Å². The van der Waals surface area contributed by atoms with Gasteiger partial charge in [0.2, 0.25) is 0 Å². The summed E-state index contributed by atoms with van der Waals surface area (Å²) in [5, 5.41) is 14.0. The summed E-state index contributed by atoms with van der Waals surface area (Å²) in [4.78, 5) is 0. The van der Waals surface area contributed by atoms with Crippen molar-refractivity contribution in [1.29, 1.82) is 0 Å². The van der Waals surface area contributed by atoms with Crippen LogP contribution in [0.25, 0.3) is 0 Å². The van der Waals surface area contributed by atoms with E-state index < -0.39 is 0 Å². The van der Waals surface area contributed by atoms with Crippen LogP contribution in [-0.4, -0.2) is 81.5 Å². The summed E-state index contributed by atoms with van der Waals surface area (Å²) >= 11 is 0. The second kappa shape index (κ2) is 1430. The third-order valence-electron chi connectivity index (χ3n) is 0. The molecule has 0 aliphatic carbocycles. The van der Waals surface area contributed by atoms with Crippen LogP contribution in [0.3, 0.4) is 0 Å². The summed E-state index contributed by atoms with van der Waals surface area (Å²) in [5.41, 5.74) is 0. The van der Waals surface area contributed by atoms with Crippen LogP contribution >= 0.6 is 0 Å². The topological polar surface area (TPSA) is 298 Å². The summed E-state index contributed by atoms with van der Waals surface area (Å²) in [5.74, 6) is 0. The van der Waals surface area contributed by atoms with E-state index in [0.29, 0.717) is 0 Å². The molecule has 0 fully saturated rings. The molecule has 11 heavy (non-hydrogen) atoms. The Morgan fingerprint density at radius 3 is 0.364 bits per heavy atom. The van der Waals surface area contributed by atoms with E-state index in [4.69, 9.17) is 10.5 Å². The van der Waals surface area contributed by atoms with Crippen molar-refractivity contribution in [3.8, 4) is 0 Å². The maximum Gasteiger partial charge on any atom is 2.00 e. The van der Waals surface area contributed by atoms with Crippen LogP contribution < -0.4 is 10.5 Å². The van der Waals surface area contributed by atoms with E-state index in [0.717, 1.165) is 0 Å². The van der Waals surface area contributed by atoms with E-state index in [1.54, 1.807) is 0 Å². The molecule has 0 saturated heterocycles. The predicted molar refractivity (Wildman–Crippen MR) is 34.7 cm³/mol. The van der Waals surface area contributed by atoms with Gasteiger partial charge in [0.25, 0.3) is 0 Å². The van der Waals surface area contributed by atoms with Crippen molar-refractivity contribution in [2.45, 2.75) is 0 Å². The Hall–Kier alpha value is 0.860. The molecule has 0 aromatic rings. The molecule has 0 saturated carbocycles. The van der Waals surface area contributed by atoms with Gasteiger partial charge in [-0.1, -0.05) is 0 Å². The van der Waals surface area contributed by atoms with E-state index in [-0.39, 0.29) is 81.5 Å². The van der Waals surface area contributed by atoms with Gasteiger partial charge in [-0.25, -0.2) is 0 Å². The maximum absolute atomic E-state index is 7.00. The molecule has 0 aromatic heterocycles. The molecule has 0 bridgehead atoms. The van der Waals surface area contributed by atoms with Crippen LogP contribution in [0.15, 0.2) is 0 Å². The molecule has 0 rings (SSSR count). The van der Waals surface area contributed by atoms with Crippen LogP contribution in [0.1, 0.15) is 0 Å². The molecule has 0 amide bonds. The van der Waals surface area contributed by atoms with Crippen molar-refractivity contribution in [3.05, 3.63) is 0 Å². The largest absolute Gasteiger partial charge is 2.00 e. The van der Waals surface area contributed by atoms with Crippen LogP contribution in [0.4, 0.5) is 0 Å². The molecule has 11 heteroatoms. The van der Waals surface area contributed by atoms with Crippen molar-refractivity contribution in [3.63, 3.8) is 0 Å². The van der Waals surface area contributed by atoms with E-state index >= 15 is 0 Å². The Morgan fingerprint density at radius 1 is 0.364 bits per heavy atom. The third-order valence-corrected chi connectivity index (χ3v) is 0. The molecule has 0 unspecified atom stereocenters. The van der Waals surface area contributed by atoms with Gasteiger partial charge in [0.15, 0.2) is 0 Å². The quantitative estimate of drug-likeness (QED) is 0.216. The molecular formula is H16CaO10. The first-order valence-corrected chi connectivity index (χ1v) is 0.167. The maximum atomic E-state index is 7.00. The Bertz CT molecular complexity index is 4.83. The number of hydrogen-bond donors (Lipinski definition) is 0. The smallest absolute Gasteiger partial charge is 1.00 e. The van der Waals surface area contributed by atoms with E-state index in [1.165, 1.54) is 0 Å². The van der Waals surface area contributed by atoms with Crippen molar-refractivity contribution < 1.29 is 54.3 Å². The van der Waals surface area contributed by atoms with Gasteiger partial charge >= 0.3 is 37.7 Å². The average molecular weight is 216 g/mol. The predicted octanol–water partition coefficient (Wildman–Crippen LogP) is -9.36. The summed E-state index contributed by atoms with van der Waals surface area (Å²) in [7, 11) is 0. The van der Waals surface area contributed by atoms with Crippen molar-refractivity contribution in [1.82, 2.24) is 0 Å². The molecule has 0 aromatic carbocycles. The molecule has 0 aliphatic heterocycles. The first-order chi connectivity index (χ1) is 1.00. The zero-order valence-electron chi connectivity index (χ0n) is 5.52. The second-order valence-corrected chi connectivity index (χ2v) is 0. The Morgan fingerprint density at radius 2 is 0.364 bits per heavy atom. The minimum absolute atomic E-state index is 0. The first kappa shape index (κ1) is 404. The second-order valence-electron chi connectivity index (χ2n) is 0. The monoisotopic (exact) mass is 216 g/mol. The van der Waals surface area contributed by atoms with Crippen molar-refractivity contribution in [2.24, 2.45) is 0 Å². The number of hydrogen-bond acceptors (Lipinski definition) is 2. The van der Waals surface area contributed by atoms with Crippen molar-refractivity contribution in [2.75, 3.05) is 0 Å². The van der Waals surface area contributed by atoms with Crippen LogP contribution in [0.2, 0.25) is 0 Å². The fourth-order valence-corrected chi connectivity index (χ4v) is 0. The minimum Gasteiger partial charge on any atom is -1.00 e. The SMILES string of the molecule is O.O.O.O.O.O.O.O.[Ca+2].[O-][O-]. The molecule has 0 aliphatic rings. The summed E-state index contributed by atoms with van der Waals surface area (Å²) in [6.45, 7) is 0. The molecule has 0 spiro atoms. The molecule has 0 heterocycles. The summed E-state index contributed by atoms with van der Waals surface area (Å²) < 4.78 is 0. The van der Waals surface area contributed by atoms with Crippen LogP contribution in [0, 0.1) is 0 Å². The summed E-state index contributed by atoms with van der Waals surface area (Å²) in [6.07, 6.45) is 0. The Kier molecular flexibility index (Phi) is 52500. The molecule has 10 nitrogen and oxygen atoms in total. The van der Waals surface area contributed by atoms with E-state index in [2.05, 4.69) is 0 Å². The zero-order chi connectivity index (χ0) is 2.00. The Balaban J connectivity index is -0.000000000139. The average Bonchev–Trinajstić information content (AvgIpc) is 1.00. The van der Waals surface area contributed by atoms with E-state index in [1.807, 2.05) is 0 Å².